The molecule has 3 aromatic heterocycles. The lowest BCUT2D eigenvalue weighted by Crippen LogP contribution is -2.20. The highest BCUT2D eigenvalue weighted by Gasteiger charge is 2.35. The fourth-order valence-corrected chi connectivity index (χ4v) is 2.87. The molecule has 32 heavy (non-hydrogen) atoms. The van der Waals surface area contributed by atoms with Crippen molar-refractivity contribution in [1.82, 2.24) is 24.9 Å². The highest BCUT2D eigenvalue weighted by molar-refractivity contribution is 5.64. The summed E-state index contributed by atoms with van der Waals surface area (Å²) in [5.41, 5.74) is 12.8. The van der Waals surface area contributed by atoms with Gasteiger partial charge in [0.05, 0.1) is 5.69 Å². The molecule has 0 amide bonds. The van der Waals surface area contributed by atoms with Gasteiger partial charge in [-0.05, 0) is 30.7 Å². The number of pyridine rings is 1. The zero-order chi connectivity index (χ0) is 22.7. The Kier molecular flexibility index (Phi) is 5.58. The van der Waals surface area contributed by atoms with Crippen LogP contribution in [0, 0.1) is 0 Å². The Morgan fingerprint density at radius 3 is 2.59 bits per heavy atom. The summed E-state index contributed by atoms with van der Waals surface area (Å²) < 4.78 is 43.7. The number of rotatable bonds is 5. The third kappa shape index (κ3) is 5.09. The smallest absolute Gasteiger partial charge is 0.439 e. The summed E-state index contributed by atoms with van der Waals surface area (Å²) in [6, 6.07) is 6.27. The van der Waals surface area contributed by atoms with E-state index in [0.29, 0.717) is 29.5 Å². The fourth-order valence-electron chi connectivity index (χ4n) is 2.87. The topological polar surface area (TPSA) is 138 Å². The number of anilines is 3. The van der Waals surface area contributed by atoms with Crippen LogP contribution in [0.25, 0.3) is 11.3 Å². The van der Waals surface area contributed by atoms with E-state index >= 15 is 0 Å². The lowest BCUT2D eigenvalue weighted by atomic mass is 10.1. The number of ether oxygens (including phenoxy) is 1. The van der Waals surface area contributed by atoms with Crippen LogP contribution in [0.15, 0.2) is 60.6 Å². The van der Waals surface area contributed by atoms with E-state index in [9.17, 15) is 13.2 Å². The molecular formula is C20H17F3N8O. The summed E-state index contributed by atoms with van der Waals surface area (Å²) in [5, 5.41) is 3.22. The minimum absolute atomic E-state index is 0.0883. The molecule has 164 valence electrons. The number of nitrogen functional groups attached to an aromatic ring is 2. The second-order valence-corrected chi connectivity index (χ2v) is 6.74. The van der Waals surface area contributed by atoms with Crippen molar-refractivity contribution in [3.8, 4) is 17.1 Å². The van der Waals surface area contributed by atoms with Crippen LogP contribution in [0.4, 0.5) is 30.8 Å². The summed E-state index contributed by atoms with van der Waals surface area (Å²) in [6.45, 7) is 0. The van der Waals surface area contributed by atoms with E-state index in [1.54, 1.807) is 42.6 Å². The first-order valence-corrected chi connectivity index (χ1v) is 9.36. The number of nitrogens with two attached hydrogens (primary N) is 2. The van der Waals surface area contributed by atoms with Crippen LogP contribution in [0.3, 0.4) is 0 Å². The van der Waals surface area contributed by atoms with E-state index in [4.69, 9.17) is 16.2 Å². The molecule has 4 rings (SSSR count). The lowest BCUT2D eigenvalue weighted by Gasteiger charge is -2.19. The molecule has 0 aromatic carbocycles. The van der Waals surface area contributed by atoms with E-state index in [1.807, 2.05) is 0 Å². The molecule has 5 N–H and O–H groups in total. The van der Waals surface area contributed by atoms with Crippen LogP contribution in [-0.2, 0) is 6.18 Å². The zero-order valence-electron chi connectivity index (χ0n) is 16.4. The van der Waals surface area contributed by atoms with Crippen LogP contribution < -0.4 is 21.5 Å². The molecule has 0 aliphatic heterocycles. The average Bonchev–Trinajstić information content (AvgIpc) is 2.75. The highest BCUT2D eigenvalue weighted by atomic mass is 19.4. The number of hydrogen-bond donors (Lipinski definition) is 3. The molecule has 0 saturated carbocycles. The maximum absolute atomic E-state index is 12.7. The Bertz CT molecular complexity index is 1180. The minimum Gasteiger partial charge on any atom is -0.439 e. The summed E-state index contributed by atoms with van der Waals surface area (Å²) in [7, 11) is 0. The quantitative estimate of drug-likeness (QED) is 0.544. The Hall–Kier alpha value is -4.22. The summed E-state index contributed by atoms with van der Waals surface area (Å²) in [6.07, 6.45) is 3.58. The van der Waals surface area contributed by atoms with Crippen molar-refractivity contribution in [3.63, 3.8) is 0 Å². The number of nitrogens with zero attached hydrogens (tertiary/aromatic N) is 5. The van der Waals surface area contributed by atoms with E-state index in [-0.39, 0.29) is 17.9 Å². The van der Waals surface area contributed by atoms with Crippen molar-refractivity contribution in [1.29, 1.82) is 0 Å². The molecule has 0 fully saturated rings. The van der Waals surface area contributed by atoms with Gasteiger partial charge in [-0.2, -0.15) is 23.1 Å². The van der Waals surface area contributed by atoms with Crippen molar-refractivity contribution in [3.05, 3.63) is 66.5 Å². The Balaban J connectivity index is 1.42. The van der Waals surface area contributed by atoms with Gasteiger partial charge in [0.15, 0.2) is 0 Å². The molecule has 0 radical (unpaired) electrons. The zero-order valence-corrected chi connectivity index (χ0v) is 16.4. The van der Waals surface area contributed by atoms with Crippen molar-refractivity contribution in [2.75, 3.05) is 16.8 Å². The largest absolute Gasteiger partial charge is 0.451 e. The van der Waals surface area contributed by atoms with Gasteiger partial charge in [0.1, 0.15) is 17.4 Å². The normalized spacial score (nSPS) is 15.8. The third-order valence-corrected chi connectivity index (χ3v) is 4.33. The Morgan fingerprint density at radius 1 is 1.06 bits per heavy atom. The minimum atomic E-state index is -4.65. The summed E-state index contributed by atoms with van der Waals surface area (Å²) in [4.78, 5) is 19.0. The van der Waals surface area contributed by atoms with Gasteiger partial charge < -0.3 is 21.5 Å². The molecule has 0 saturated heterocycles. The van der Waals surface area contributed by atoms with E-state index < -0.39 is 12.0 Å². The van der Waals surface area contributed by atoms with Crippen molar-refractivity contribution in [2.24, 2.45) is 0 Å². The second kappa shape index (κ2) is 8.49. The first-order valence-electron chi connectivity index (χ1n) is 9.36. The standard InChI is InChI=1S/C20H17F3N8O/c21-20(22,23)18-26-8-7-17(31-18)32-13-4-2-12(3-5-13)28-16-9-14(29-19(25)30-16)11-1-6-15(24)27-10-11/h1-2,4-10,12H,3H2,(H2,24,27)(H3,25,28,29,30). The molecule has 0 bridgehead atoms. The van der Waals surface area contributed by atoms with Crippen molar-refractivity contribution in [2.45, 2.75) is 18.6 Å². The number of alkyl halides is 3. The number of halogens is 3. The average molecular weight is 442 g/mol. The number of allylic oxidation sites excluding steroid dienone is 1. The monoisotopic (exact) mass is 442 g/mol. The van der Waals surface area contributed by atoms with Gasteiger partial charge >= 0.3 is 6.18 Å². The van der Waals surface area contributed by atoms with Crippen molar-refractivity contribution < 1.29 is 17.9 Å². The Morgan fingerprint density at radius 2 is 1.91 bits per heavy atom. The van der Waals surface area contributed by atoms with E-state index in [2.05, 4.69) is 30.2 Å². The maximum Gasteiger partial charge on any atom is 0.451 e. The maximum atomic E-state index is 12.7. The van der Waals surface area contributed by atoms with E-state index in [1.165, 1.54) is 6.07 Å². The molecular weight excluding hydrogens is 425 g/mol. The number of hydrogen-bond acceptors (Lipinski definition) is 9. The number of nitrogens with one attached hydrogen (secondary N) is 1. The summed E-state index contributed by atoms with van der Waals surface area (Å²) >= 11 is 0. The summed E-state index contributed by atoms with van der Waals surface area (Å²) in [5.74, 6) is -0.107. The van der Waals surface area contributed by atoms with Gasteiger partial charge in [0, 0.05) is 36.1 Å². The van der Waals surface area contributed by atoms with Crippen LogP contribution in [0.5, 0.6) is 5.88 Å². The molecule has 1 aliphatic carbocycles. The molecule has 12 heteroatoms. The number of aromatic nitrogens is 5. The van der Waals surface area contributed by atoms with Crippen molar-refractivity contribution >= 4 is 17.6 Å². The molecule has 1 unspecified atom stereocenters. The van der Waals surface area contributed by atoms with Crippen LogP contribution in [0.1, 0.15) is 12.2 Å². The third-order valence-electron chi connectivity index (χ3n) is 4.33. The predicted molar refractivity (Wildman–Crippen MR) is 111 cm³/mol. The SMILES string of the molecule is Nc1ccc(-c2cc(NC3C=CC(Oc4ccnc(C(F)(F)F)n4)=CC3)nc(N)n2)cn1. The van der Waals surface area contributed by atoms with Gasteiger partial charge in [0.25, 0.3) is 0 Å². The first kappa shape index (κ1) is 21.0. The highest BCUT2D eigenvalue weighted by Crippen LogP contribution is 2.28. The molecule has 1 atom stereocenters. The van der Waals surface area contributed by atoms with Crippen LogP contribution >= 0.6 is 0 Å². The second-order valence-electron chi connectivity index (χ2n) is 6.74. The lowest BCUT2D eigenvalue weighted by molar-refractivity contribution is -0.145. The molecule has 3 heterocycles. The predicted octanol–water partition coefficient (Wildman–Crippen LogP) is 3.22. The van der Waals surface area contributed by atoms with Gasteiger partial charge in [-0.25, -0.2) is 15.0 Å². The molecule has 9 nitrogen and oxygen atoms in total. The van der Waals surface area contributed by atoms with Gasteiger partial charge in [-0.3, -0.25) is 0 Å². The van der Waals surface area contributed by atoms with Gasteiger partial charge in [-0.1, -0.05) is 6.08 Å². The van der Waals surface area contributed by atoms with Gasteiger partial charge in [0.2, 0.25) is 17.7 Å². The molecule has 3 aromatic rings. The fraction of sp³-hybridized carbons (Fsp3) is 0.150. The van der Waals surface area contributed by atoms with E-state index in [0.717, 1.165) is 11.8 Å². The van der Waals surface area contributed by atoms with Crippen LogP contribution in [-0.4, -0.2) is 31.0 Å². The van der Waals surface area contributed by atoms with Crippen LogP contribution in [0.2, 0.25) is 0 Å². The Labute approximate surface area is 180 Å². The molecule has 1 aliphatic rings. The first-order chi connectivity index (χ1) is 15.3. The van der Waals surface area contributed by atoms with Gasteiger partial charge in [-0.15, -0.1) is 0 Å². The molecule has 0 spiro atoms.